The summed E-state index contributed by atoms with van der Waals surface area (Å²) in [6.07, 6.45) is -0.637. The number of ether oxygens (including phenoxy) is 2. The Balaban J connectivity index is 1.42. The van der Waals surface area contributed by atoms with Crippen LogP contribution in [0.5, 0.6) is 23.0 Å². The molecule has 2 aromatic carbocycles. The molecule has 38 heavy (non-hydrogen) atoms. The Kier molecular flexibility index (Phi) is 6.59. The van der Waals surface area contributed by atoms with Gasteiger partial charge in [-0.3, -0.25) is 29.5 Å². The number of amides is 3. The molecule has 202 valence electrons. The van der Waals surface area contributed by atoms with Crippen molar-refractivity contribution in [2.75, 3.05) is 26.3 Å². The second-order valence-corrected chi connectivity index (χ2v) is 9.38. The van der Waals surface area contributed by atoms with Gasteiger partial charge in [0.05, 0.1) is 25.3 Å². The fourth-order valence-corrected chi connectivity index (χ4v) is 4.90. The van der Waals surface area contributed by atoms with Gasteiger partial charge in [-0.2, -0.15) is 0 Å². The zero-order valence-corrected chi connectivity index (χ0v) is 20.2. The number of carbonyl (C=O) groups is 3. The summed E-state index contributed by atoms with van der Waals surface area (Å²) in [4.78, 5) is 39.9. The predicted octanol–water partition coefficient (Wildman–Crippen LogP) is 0.435. The lowest BCUT2D eigenvalue weighted by Crippen LogP contribution is -2.63. The highest BCUT2D eigenvalue weighted by Gasteiger charge is 2.53. The molecule has 2 saturated heterocycles. The van der Waals surface area contributed by atoms with Crippen molar-refractivity contribution in [3.63, 3.8) is 0 Å². The first-order valence-corrected chi connectivity index (χ1v) is 12.0. The Hall–Kier alpha value is -3.94. The molecule has 0 saturated carbocycles. The molecule has 1 atom stereocenters. The van der Waals surface area contributed by atoms with Crippen molar-refractivity contribution in [1.82, 2.24) is 15.1 Å². The van der Waals surface area contributed by atoms with E-state index in [0.717, 1.165) is 0 Å². The number of piperidine rings is 1. The van der Waals surface area contributed by atoms with E-state index in [1.807, 2.05) is 10.2 Å². The van der Waals surface area contributed by atoms with E-state index in [2.05, 4.69) is 0 Å². The Morgan fingerprint density at radius 3 is 2.47 bits per heavy atom. The highest BCUT2D eigenvalue weighted by atomic mass is 19.1. The van der Waals surface area contributed by atoms with Gasteiger partial charge in [-0.25, -0.2) is 4.39 Å². The molecule has 12 nitrogen and oxygen atoms in total. The number of fused-ring (bicyclic) bond motifs is 1. The zero-order valence-electron chi connectivity index (χ0n) is 20.2. The molecule has 2 fully saturated rings. The van der Waals surface area contributed by atoms with E-state index >= 15 is 4.39 Å². The van der Waals surface area contributed by atoms with Crippen LogP contribution in [0.3, 0.4) is 0 Å². The number of carbonyl (C=O) groups excluding carboxylic acids is 3. The SMILES string of the molecule is O=C1CCC(O)(N2Cc3c(OCc4cccc(CN5CCOCC5)c4F)c(O)c(O)c(O)c3C2=O)C(=O)N1. The highest BCUT2D eigenvalue weighted by Crippen LogP contribution is 2.52. The molecular formula is C25H26FN3O9. The highest BCUT2D eigenvalue weighted by molar-refractivity contribution is 6.08. The number of phenolic OH excluding ortho intramolecular Hbond substituents is 3. The van der Waals surface area contributed by atoms with Crippen LogP contribution in [0.2, 0.25) is 0 Å². The Morgan fingerprint density at radius 1 is 1.05 bits per heavy atom. The molecule has 0 aliphatic carbocycles. The summed E-state index contributed by atoms with van der Waals surface area (Å²) in [5, 5.41) is 44.1. The number of nitrogens with one attached hydrogen (secondary N) is 1. The van der Waals surface area contributed by atoms with Gasteiger partial charge in [0.15, 0.2) is 11.5 Å². The monoisotopic (exact) mass is 531 g/mol. The number of nitrogens with zero attached hydrogens (tertiary/aromatic N) is 2. The summed E-state index contributed by atoms with van der Waals surface area (Å²) in [5.41, 5.74) is -2.46. The fourth-order valence-electron chi connectivity index (χ4n) is 4.90. The first-order valence-electron chi connectivity index (χ1n) is 12.0. The molecule has 3 aliphatic rings. The predicted molar refractivity (Wildman–Crippen MR) is 125 cm³/mol. The zero-order chi connectivity index (χ0) is 27.2. The lowest BCUT2D eigenvalue weighted by atomic mass is 10.00. The third-order valence-electron chi connectivity index (χ3n) is 7.04. The molecule has 3 aliphatic heterocycles. The number of benzene rings is 2. The van der Waals surface area contributed by atoms with Crippen LogP contribution in [0.25, 0.3) is 0 Å². The normalized spacial score (nSPS) is 21.9. The van der Waals surface area contributed by atoms with Gasteiger partial charge < -0.3 is 29.9 Å². The van der Waals surface area contributed by atoms with E-state index in [9.17, 15) is 34.8 Å². The molecule has 1 unspecified atom stereocenters. The fraction of sp³-hybridized carbons (Fsp3) is 0.400. The van der Waals surface area contributed by atoms with Crippen LogP contribution in [0, 0.1) is 5.82 Å². The second kappa shape index (κ2) is 9.74. The third-order valence-corrected chi connectivity index (χ3v) is 7.04. The van der Waals surface area contributed by atoms with Crippen molar-refractivity contribution in [3.8, 4) is 23.0 Å². The number of aromatic hydroxyl groups is 3. The van der Waals surface area contributed by atoms with E-state index in [4.69, 9.17) is 9.47 Å². The minimum Gasteiger partial charge on any atom is -0.504 e. The molecular weight excluding hydrogens is 505 g/mol. The van der Waals surface area contributed by atoms with Crippen LogP contribution in [-0.4, -0.2) is 80.0 Å². The minimum absolute atomic E-state index is 0.120. The maximum absolute atomic E-state index is 15.3. The number of imide groups is 1. The van der Waals surface area contributed by atoms with Crippen molar-refractivity contribution in [2.45, 2.75) is 38.3 Å². The number of hydrogen-bond donors (Lipinski definition) is 5. The largest absolute Gasteiger partial charge is 0.504 e. The summed E-state index contributed by atoms with van der Waals surface area (Å²) < 4.78 is 26.3. The van der Waals surface area contributed by atoms with Gasteiger partial charge in [0.25, 0.3) is 11.8 Å². The van der Waals surface area contributed by atoms with Gasteiger partial charge in [-0.05, 0) is 0 Å². The lowest BCUT2D eigenvalue weighted by Gasteiger charge is -2.37. The van der Waals surface area contributed by atoms with Crippen molar-refractivity contribution in [3.05, 3.63) is 46.3 Å². The lowest BCUT2D eigenvalue weighted by molar-refractivity contribution is -0.168. The van der Waals surface area contributed by atoms with Crippen molar-refractivity contribution in [1.29, 1.82) is 0 Å². The summed E-state index contributed by atoms with van der Waals surface area (Å²) in [6.45, 7) is 1.90. The maximum atomic E-state index is 15.3. The smallest absolute Gasteiger partial charge is 0.279 e. The summed E-state index contributed by atoms with van der Waals surface area (Å²) in [5.74, 6) is -6.61. The summed E-state index contributed by atoms with van der Waals surface area (Å²) in [6, 6.07) is 4.78. The van der Waals surface area contributed by atoms with Crippen molar-refractivity contribution >= 4 is 17.7 Å². The van der Waals surface area contributed by atoms with Gasteiger partial charge in [-0.1, -0.05) is 18.2 Å². The van der Waals surface area contributed by atoms with E-state index < -0.39 is 77.4 Å². The molecule has 0 bridgehead atoms. The molecule has 0 radical (unpaired) electrons. The molecule has 0 spiro atoms. The summed E-state index contributed by atoms with van der Waals surface area (Å²) >= 11 is 0. The van der Waals surface area contributed by atoms with Crippen LogP contribution in [0.4, 0.5) is 4.39 Å². The minimum atomic E-state index is -2.42. The molecule has 13 heteroatoms. The Bertz CT molecular complexity index is 1330. The van der Waals surface area contributed by atoms with Crippen LogP contribution in [-0.2, 0) is 34.0 Å². The van der Waals surface area contributed by atoms with Crippen LogP contribution in [0.1, 0.15) is 39.9 Å². The molecule has 5 rings (SSSR count). The molecule has 3 amide bonds. The molecule has 3 heterocycles. The number of rotatable bonds is 6. The number of halogens is 1. The topological polar surface area (TPSA) is 169 Å². The van der Waals surface area contributed by atoms with E-state index in [1.54, 1.807) is 12.1 Å². The molecule has 2 aromatic rings. The number of aliphatic hydroxyl groups is 1. The van der Waals surface area contributed by atoms with Crippen LogP contribution in [0.15, 0.2) is 18.2 Å². The van der Waals surface area contributed by atoms with Crippen molar-refractivity contribution < 1.29 is 48.7 Å². The van der Waals surface area contributed by atoms with Crippen LogP contribution >= 0.6 is 0 Å². The van der Waals surface area contributed by atoms with Gasteiger partial charge in [0.1, 0.15) is 12.4 Å². The number of hydrogen-bond acceptors (Lipinski definition) is 10. The maximum Gasteiger partial charge on any atom is 0.279 e. The van der Waals surface area contributed by atoms with Gasteiger partial charge >= 0.3 is 0 Å². The van der Waals surface area contributed by atoms with E-state index in [0.29, 0.717) is 43.3 Å². The Labute approximate surface area is 215 Å². The second-order valence-electron chi connectivity index (χ2n) is 9.38. The summed E-state index contributed by atoms with van der Waals surface area (Å²) in [7, 11) is 0. The van der Waals surface area contributed by atoms with Crippen LogP contribution < -0.4 is 10.1 Å². The number of phenols is 3. The van der Waals surface area contributed by atoms with Gasteiger partial charge in [0, 0.05) is 49.2 Å². The average molecular weight is 531 g/mol. The third kappa shape index (κ3) is 4.27. The quantitative estimate of drug-likeness (QED) is 0.260. The molecule has 5 N–H and O–H groups in total. The average Bonchev–Trinajstić information content (AvgIpc) is 3.25. The van der Waals surface area contributed by atoms with Crippen molar-refractivity contribution in [2.24, 2.45) is 0 Å². The van der Waals surface area contributed by atoms with E-state index in [-0.39, 0.29) is 17.5 Å². The first kappa shape index (κ1) is 25.7. The standard InChI is InChI=1S/C25H26FN3O9/c26-18-13(10-28-6-8-37-9-7-28)2-1-3-14(18)12-38-22-15-11-29(25(36)5-4-16(30)27-24(25)35)23(34)17(15)19(31)20(32)21(22)33/h1-3,31-33,36H,4-12H2,(H,27,30,35). The molecule has 0 aromatic heterocycles. The Morgan fingerprint density at radius 2 is 1.76 bits per heavy atom. The van der Waals surface area contributed by atoms with Gasteiger partial charge in [-0.15, -0.1) is 0 Å². The van der Waals surface area contributed by atoms with Gasteiger partial charge in [0.2, 0.25) is 23.1 Å². The van der Waals surface area contributed by atoms with E-state index in [1.165, 1.54) is 6.07 Å². The number of morpholine rings is 1. The first-order chi connectivity index (χ1) is 18.1.